The lowest BCUT2D eigenvalue weighted by atomic mass is 12.3. The average molecular weight is 633 g/mol. The van der Waals surface area contributed by atoms with Gasteiger partial charge in [-0.2, -0.15) is 5.53 Å². The molecule has 0 saturated heterocycles. The number of rotatable bonds is 21. The third kappa shape index (κ3) is 35.0. The van der Waals surface area contributed by atoms with Gasteiger partial charge in [-0.3, -0.25) is 0 Å². The summed E-state index contributed by atoms with van der Waals surface area (Å²) in [6.07, 6.45) is 0. The predicted molar refractivity (Wildman–Crippen MR) is 111 cm³/mol. The molecule has 0 aliphatic rings. The molecule has 0 fully saturated rings. The Kier molecular flexibility index (Phi) is 28.0. The van der Waals surface area contributed by atoms with Gasteiger partial charge in [0.2, 0.25) is 0 Å². The summed E-state index contributed by atoms with van der Waals surface area (Å²) in [4.78, 5) is 0. The van der Waals surface area contributed by atoms with Crippen molar-refractivity contribution in [1.29, 1.82) is 5.53 Å². The Hall–Kier alpha value is -9.00. The van der Waals surface area contributed by atoms with E-state index in [-0.39, 0.29) is 0 Å². The van der Waals surface area contributed by atoms with Crippen LogP contribution in [0.3, 0.4) is 0 Å². The van der Waals surface area contributed by atoms with Crippen LogP contribution in [0.15, 0.2) is 225 Å². The summed E-state index contributed by atoms with van der Waals surface area (Å²) in [6.45, 7) is 0. The highest BCUT2D eigenvalue weighted by molar-refractivity contribution is 4.17. The van der Waals surface area contributed by atoms with Crippen LogP contribution in [-0.2, 0) is 0 Å². The molecule has 0 aromatic heterocycles. The molecule has 228 valence electrons. The standard InChI is InChI=1S/H3N45/c1-3-5-7-9-11-13-15-17-19-21-23-25-27-29-31-33-35-37-39-41-43-45-44-42-40-38-36-34-32-30-28-26-24-22-20-18-16-14-12-10-8-6-4-2/h(H3,1,2,5,6,9,10,13,14,17,18,21,22,25,26,29,30,33,34,37,38,41,42,45). The van der Waals surface area contributed by atoms with Crippen LogP contribution in [0.25, 0.3) is 0 Å². The topological polar surface area (TPSA) is 581 Å². The van der Waals surface area contributed by atoms with Crippen molar-refractivity contribution in [3.05, 3.63) is 0 Å². The van der Waals surface area contributed by atoms with E-state index in [1.165, 1.54) is 0 Å². The molecule has 0 radical (unpaired) electrons. The normalized spacial score (nSPS) is 15.2. The highest BCUT2D eigenvalue weighted by Gasteiger charge is 1.74. The van der Waals surface area contributed by atoms with Gasteiger partial charge in [0.15, 0.2) is 0 Å². The smallest absolute Gasteiger partial charge is 0 e. The van der Waals surface area contributed by atoms with E-state index in [1.54, 1.807) is 0 Å². The maximum Gasteiger partial charge on any atom is 0 e. The molecule has 0 aliphatic heterocycles. The van der Waals surface area contributed by atoms with Gasteiger partial charge < -0.3 is 5.84 Å². The van der Waals surface area contributed by atoms with Gasteiger partial charge in [0.1, 0.15) is 0 Å². The molecule has 0 aromatic carbocycles. The summed E-state index contributed by atoms with van der Waals surface area (Å²) in [5.41, 5.74) is 6.25. The van der Waals surface area contributed by atoms with Crippen LogP contribution in [0, 0.1) is 5.53 Å². The van der Waals surface area contributed by atoms with Gasteiger partial charge >= 0.3 is 0 Å². The lowest BCUT2D eigenvalue weighted by Gasteiger charge is -1.70. The van der Waals surface area contributed by atoms with E-state index in [9.17, 15) is 0 Å². The zero-order valence-corrected chi connectivity index (χ0v) is 20.3. The van der Waals surface area contributed by atoms with Crippen LogP contribution in [0.4, 0.5) is 0 Å². The molecule has 45 heteroatoms. The minimum Gasteiger partial charge on any atom is -0.303 e. The van der Waals surface area contributed by atoms with Crippen molar-refractivity contribution in [3.63, 3.8) is 0 Å². The van der Waals surface area contributed by atoms with Crippen LogP contribution >= 0.6 is 0 Å². The maximum absolute atomic E-state index is 6.25. The van der Waals surface area contributed by atoms with Gasteiger partial charge in [-0.25, -0.2) is 0 Å². The first-order chi connectivity index (χ1) is 22.4. The van der Waals surface area contributed by atoms with Gasteiger partial charge in [-0.1, -0.05) is 5.22 Å². The monoisotopic (exact) mass is 633 g/mol. The number of hydrogen-bond acceptors (Lipinski definition) is 2. The summed E-state index contributed by atoms with van der Waals surface area (Å²) in [5, 5.41) is 127. The number of nitrogens with two attached hydrogens (primary N) is 1. The molecule has 0 rings (SSSR count). The highest BCUT2D eigenvalue weighted by atomic mass is 15.7. The van der Waals surface area contributed by atoms with E-state index >= 15 is 0 Å². The average Bonchev–Trinajstić information content (AvgIpc) is 3.05. The molecule has 0 heterocycles. The number of nitrogens with one attached hydrogen (secondary N) is 1. The van der Waals surface area contributed by atoms with Crippen LogP contribution < -0.4 is 5.84 Å². The zero-order chi connectivity index (χ0) is 32.4. The first kappa shape index (κ1) is 36.0. The molecule has 0 bridgehead atoms. The van der Waals surface area contributed by atoms with Gasteiger partial charge in [0.25, 0.3) is 0 Å². The van der Waals surface area contributed by atoms with E-state index in [0.29, 0.717) is 0 Å². The fourth-order valence-electron chi connectivity index (χ4n) is 0.741. The van der Waals surface area contributed by atoms with Gasteiger partial charge in [-0.05, 0) is 78.3 Å². The molecule has 0 aromatic rings. The summed E-state index contributed by atoms with van der Waals surface area (Å²) >= 11 is 0. The molecule has 0 atom stereocenters. The minimum atomic E-state index is 2.50. The van der Waals surface area contributed by atoms with Crippen LogP contribution in [0.5, 0.6) is 0 Å². The lowest BCUT2D eigenvalue weighted by Crippen LogP contribution is -1.70. The maximum atomic E-state index is 6.25. The van der Waals surface area contributed by atoms with Crippen molar-refractivity contribution >= 4 is 0 Å². The van der Waals surface area contributed by atoms with Crippen molar-refractivity contribution in [1.82, 2.24) is 0 Å². The molecule has 0 aliphatic carbocycles. The Morgan fingerprint density at radius 2 is 0.289 bits per heavy atom. The quantitative estimate of drug-likeness (QED) is 0.0719. The van der Waals surface area contributed by atoms with E-state index in [4.69, 9.17) is 5.53 Å². The van der Waals surface area contributed by atoms with Crippen LogP contribution in [0.1, 0.15) is 0 Å². The summed E-state index contributed by atoms with van der Waals surface area (Å²) in [5.74, 6) is 4.62. The fraction of sp³-hybridized carbons (Fsp3) is 0. The Labute approximate surface area is 237 Å². The summed E-state index contributed by atoms with van der Waals surface area (Å²) in [7, 11) is 0. The molecule has 0 amide bonds. The Morgan fingerprint density at radius 1 is 0.178 bits per heavy atom. The number of nitrogens with zero attached hydrogens (tertiary/aromatic N) is 43. The molecule has 0 spiro atoms. The SMILES string of the molecule is N=N/N=N/N=N/N=N/N=N/N=N/N=N/N=N/N=N/N=N/N=N/N=N/N=N/N=N/N=N/N=N/N=N/N=N/N=N/N=N/N=N/N=N/N. The van der Waals surface area contributed by atoms with Crippen molar-refractivity contribution in [2.45, 2.75) is 0 Å². The van der Waals surface area contributed by atoms with Gasteiger partial charge in [-0.15, -0.1) is 0 Å². The Bertz CT molecular complexity index is 1370. The van der Waals surface area contributed by atoms with Gasteiger partial charge in [0, 0.05) is 141 Å². The van der Waals surface area contributed by atoms with Crippen molar-refractivity contribution < 1.29 is 0 Å². The molecule has 45 nitrogen and oxygen atoms in total. The van der Waals surface area contributed by atoms with Crippen molar-refractivity contribution in [3.8, 4) is 0 Å². The first-order valence-corrected chi connectivity index (χ1v) is 8.88. The third-order valence-corrected chi connectivity index (χ3v) is 1.70. The van der Waals surface area contributed by atoms with Gasteiger partial charge in [0.05, 0.1) is 0 Å². The van der Waals surface area contributed by atoms with Crippen LogP contribution in [-0.4, -0.2) is 0 Å². The summed E-state index contributed by atoms with van der Waals surface area (Å²) < 4.78 is 0. The second-order valence-electron chi connectivity index (χ2n) is 3.88. The third-order valence-electron chi connectivity index (χ3n) is 1.70. The second kappa shape index (κ2) is 35.0. The molecule has 0 unspecified atom stereocenters. The predicted octanol–water partition coefficient (Wildman–Crippen LogP) is 7.60. The molecule has 0 saturated carbocycles. The number of hydrogen-bond donors (Lipinski definition) is 2. The van der Waals surface area contributed by atoms with Crippen molar-refractivity contribution in [2.24, 2.45) is 230 Å². The van der Waals surface area contributed by atoms with E-state index in [0.717, 1.165) is 0 Å². The lowest BCUT2D eigenvalue weighted by molar-refractivity contribution is 0.725. The van der Waals surface area contributed by atoms with E-state index in [2.05, 4.69) is 230 Å². The Balaban J connectivity index is 4.04. The minimum absolute atomic E-state index is 2.50. The molecular weight excluding hydrogens is 630 g/mol. The first-order valence-electron chi connectivity index (χ1n) is 8.88. The molecule has 45 heavy (non-hydrogen) atoms. The zero-order valence-electron chi connectivity index (χ0n) is 20.3. The Morgan fingerprint density at radius 3 is 0.400 bits per heavy atom. The van der Waals surface area contributed by atoms with Crippen LogP contribution in [0.2, 0.25) is 0 Å². The van der Waals surface area contributed by atoms with E-state index in [1.807, 2.05) is 0 Å². The largest absolute Gasteiger partial charge is 0.303 e. The highest BCUT2D eigenvalue weighted by Crippen LogP contribution is 1.92. The fourth-order valence-corrected chi connectivity index (χ4v) is 0.741. The van der Waals surface area contributed by atoms with E-state index < -0.39 is 0 Å². The second-order valence-corrected chi connectivity index (χ2v) is 3.88. The summed E-state index contributed by atoms with van der Waals surface area (Å²) in [6, 6.07) is 0. The molecular formula is H3N45. The van der Waals surface area contributed by atoms with Crippen molar-refractivity contribution in [2.75, 3.05) is 0 Å². The molecule has 3 N–H and O–H groups in total.